The molecule has 3 aliphatic heterocycles. The van der Waals surface area contributed by atoms with Gasteiger partial charge in [0.2, 0.25) is 17.7 Å². The molecule has 3 amide bonds. The van der Waals surface area contributed by atoms with Crippen LogP contribution in [-0.4, -0.2) is 66.3 Å². The van der Waals surface area contributed by atoms with Crippen LogP contribution in [0.4, 0.5) is 8.78 Å². The molecule has 1 spiro atoms. The zero-order chi connectivity index (χ0) is 25.0. The summed E-state index contributed by atoms with van der Waals surface area (Å²) < 4.78 is 27.7. The maximum absolute atomic E-state index is 14.1. The summed E-state index contributed by atoms with van der Waals surface area (Å²) in [7, 11) is 0. The number of rotatable bonds is 2. The average molecular weight is 491 g/mol. The monoisotopic (exact) mass is 490 g/mol. The van der Waals surface area contributed by atoms with E-state index in [0.29, 0.717) is 51.1 Å². The van der Waals surface area contributed by atoms with Gasteiger partial charge in [0.15, 0.2) is 11.6 Å². The van der Waals surface area contributed by atoms with E-state index < -0.39 is 17.0 Å². The van der Waals surface area contributed by atoms with Gasteiger partial charge in [-0.05, 0) is 57.2 Å². The molecule has 3 fully saturated rings. The number of carbonyl (C=O) groups excluding carboxylic acids is 3. The van der Waals surface area contributed by atoms with E-state index in [0.717, 1.165) is 38.2 Å². The molecule has 1 aromatic carbocycles. The first-order valence-electron chi connectivity index (χ1n) is 12.8. The van der Waals surface area contributed by atoms with Crippen LogP contribution in [0.15, 0.2) is 18.2 Å². The summed E-state index contributed by atoms with van der Waals surface area (Å²) in [5.41, 5.74) is -0.240. The lowest BCUT2D eigenvalue weighted by molar-refractivity contribution is -0.137. The summed E-state index contributed by atoms with van der Waals surface area (Å²) in [5, 5.41) is 5.96. The summed E-state index contributed by atoms with van der Waals surface area (Å²) in [6.45, 7) is 4.34. The maximum atomic E-state index is 14.1. The molecule has 9 heteroatoms. The largest absolute Gasteiger partial charge is 0.351 e. The quantitative estimate of drug-likeness (QED) is 0.668. The van der Waals surface area contributed by atoms with E-state index in [1.54, 1.807) is 13.0 Å². The molecule has 0 radical (unpaired) electrons. The first-order valence-corrected chi connectivity index (χ1v) is 12.8. The Morgan fingerprint density at radius 1 is 1.09 bits per heavy atom. The van der Waals surface area contributed by atoms with Crippen LogP contribution in [0.5, 0.6) is 0 Å². The maximum Gasteiger partial charge on any atom is 0.239 e. The molecule has 0 unspecified atom stereocenters. The minimum absolute atomic E-state index is 0.0230. The Morgan fingerprint density at radius 2 is 1.86 bits per heavy atom. The van der Waals surface area contributed by atoms with Crippen LogP contribution < -0.4 is 10.6 Å². The van der Waals surface area contributed by atoms with E-state index in [4.69, 9.17) is 0 Å². The molecule has 3 heterocycles. The highest BCUT2D eigenvalue weighted by atomic mass is 19.2. The van der Waals surface area contributed by atoms with Gasteiger partial charge in [0, 0.05) is 38.2 Å². The van der Waals surface area contributed by atoms with Gasteiger partial charge in [0.1, 0.15) is 0 Å². The minimum Gasteiger partial charge on any atom is -0.351 e. The van der Waals surface area contributed by atoms with E-state index in [9.17, 15) is 23.2 Å². The molecule has 7 nitrogen and oxygen atoms in total. The Hall–Kier alpha value is -2.55. The highest BCUT2D eigenvalue weighted by Crippen LogP contribution is 2.38. The van der Waals surface area contributed by atoms with Crippen LogP contribution in [0.25, 0.3) is 0 Å². The number of hydrogen-bond donors (Lipinski definition) is 2. The van der Waals surface area contributed by atoms with Gasteiger partial charge >= 0.3 is 0 Å². The first-order chi connectivity index (χ1) is 16.8. The lowest BCUT2D eigenvalue weighted by Crippen LogP contribution is -2.55. The van der Waals surface area contributed by atoms with Crippen molar-refractivity contribution in [3.8, 4) is 0 Å². The fourth-order valence-electron chi connectivity index (χ4n) is 5.92. The molecule has 3 aliphatic rings. The Morgan fingerprint density at radius 3 is 2.60 bits per heavy atom. The second-order valence-electron chi connectivity index (χ2n) is 10.4. The van der Waals surface area contributed by atoms with Crippen LogP contribution in [0.1, 0.15) is 57.4 Å². The van der Waals surface area contributed by atoms with Crippen molar-refractivity contribution < 1.29 is 23.2 Å². The van der Waals surface area contributed by atoms with Crippen molar-refractivity contribution in [3.05, 3.63) is 35.4 Å². The summed E-state index contributed by atoms with van der Waals surface area (Å²) in [4.78, 5) is 41.7. The van der Waals surface area contributed by atoms with Crippen LogP contribution in [0.2, 0.25) is 0 Å². The van der Waals surface area contributed by atoms with Crippen molar-refractivity contribution in [1.82, 2.24) is 20.4 Å². The molecule has 4 rings (SSSR count). The van der Waals surface area contributed by atoms with Crippen molar-refractivity contribution in [3.63, 3.8) is 0 Å². The van der Waals surface area contributed by atoms with Crippen molar-refractivity contribution in [1.29, 1.82) is 0 Å². The van der Waals surface area contributed by atoms with E-state index >= 15 is 0 Å². The highest BCUT2D eigenvalue weighted by molar-refractivity contribution is 5.88. The minimum atomic E-state index is -0.848. The van der Waals surface area contributed by atoms with Gasteiger partial charge in [-0.25, -0.2) is 8.78 Å². The lowest BCUT2D eigenvalue weighted by Gasteiger charge is -2.42. The smallest absolute Gasteiger partial charge is 0.239 e. The third-order valence-electron chi connectivity index (χ3n) is 8.14. The Kier molecular flexibility index (Phi) is 8.04. The van der Waals surface area contributed by atoms with E-state index in [-0.39, 0.29) is 36.2 Å². The Labute approximate surface area is 205 Å². The average Bonchev–Trinajstić information content (AvgIpc) is 2.84. The normalized spacial score (nSPS) is 26.2. The van der Waals surface area contributed by atoms with Crippen LogP contribution in [-0.2, 0) is 20.9 Å². The zero-order valence-electron chi connectivity index (χ0n) is 20.5. The number of hydrogen-bond acceptors (Lipinski definition) is 4. The van der Waals surface area contributed by atoms with Crippen molar-refractivity contribution >= 4 is 17.7 Å². The number of likely N-dealkylation sites (tertiary alicyclic amines) is 2. The fourth-order valence-corrected chi connectivity index (χ4v) is 5.92. The van der Waals surface area contributed by atoms with Crippen LogP contribution in [0, 0.1) is 23.0 Å². The third kappa shape index (κ3) is 6.00. The summed E-state index contributed by atoms with van der Waals surface area (Å²) in [5.74, 6) is -1.67. The van der Waals surface area contributed by atoms with Gasteiger partial charge in [0.05, 0.1) is 12.0 Å². The van der Waals surface area contributed by atoms with Crippen molar-refractivity contribution in [2.24, 2.45) is 11.3 Å². The number of nitrogens with one attached hydrogen (secondary N) is 2. The molecule has 0 aromatic heterocycles. The Bertz CT molecular complexity index is 949. The molecule has 0 saturated carbocycles. The second kappa shape index (κ2) is 11.0. The predicted molar refractivity (Wildman–Crippen MR) is 127 cm³/mol. The first kappa shape index (κ1) is 25.5. The molecule has 35 heavy (non-hydrogen) atoms. The highest BCUT2D eigenvalue weighted by Gasteiger charge is 2.41. The summed E-state index contributed by atoms with van der Waals surface area (Å²) in [6, 6.07) is 4.24. The summed E-state index contributed by atoms with van der Waals surface area (Å²) >= 11 is 0. The van der Waals surface area contributed by atoms with Crippen molar-refractivity contribution in [2.75, 3.05) is 32.7 Å². The molecule has 2 N–H and O–H groups in total. The van der Waals surface area contributed by atoms with Crippen LogP contribution >= 0.6 is 0 Å². The number of nitrogens with zero attached hydrogens (tertiary/aromatic N) is 2. The number of piperidine rings is 2. The van der Waals surface area contributed by atoms with Gasteiger partial charge < -0.3 is 15.5 Å². The van der Waals surface area contributed by atoms with Crippen molar-refractivity contribution in [2.45, 2.75) is 64.5 Å². The third-order valence-corrected chi connectivity index (χ3v) is 8.14. The molecular weight excluding hydrogens is 454 g/mol. The van der Waals surface area contributed by atoms with E-state index in [2.05, 4.69) is 15.5 Å². The Balaban J connectivity index is 1.39. The van der Waals surface area contributed by atoms with Gasteiger partial charge in [-0.1, -0.05) is 25.0 Å². The molecule has 3 saturated heterocycles. The van der Waals surface area contributed by atoms with Gasteiger partial charge in [-0.2, -0.15) is 0 Å². The van der Waals surface area contributed by atoms with E-state index in [1.165, 1.54) is 6.07 Å². The number of carbonyl (C=O) groups is 3. The van der Waals surface area contributed by atoms with Crippen LogP contribution in [0.3, 0.4) is 0 Å². The molecular formula is C26H36F2N4O3. The van der Waals surface area contributed by atoms with Gasteiger partial charge in [0.25, 0.3) is 0 Å². The zero-order valence-corrected chi connectivity index (χ0v) is 20.5. The number of amides is 3. The molecule has 0 aliphatic carbocycles. The number of halogens is 2. The summed E-state index contributed by atoms with van der Waals surface area (Å²) in [6.07, 6.45) is 5.41. The molecule has 1 aromatic rings. The topological polar surface area (TPSA) is 81.8 Å². The lowest BCUT2D eigenvalue weighted by atomic mass is 9.73. The van der Waals surface area contributed by atoms with Gasteiger partial charge in [-0.3, -0.25) is 19.3 Å². The number of fused-ring (bicyclic) bond motifs is 1. The fraction of sp³-hybridized carbons (Fsp3) is 0.654. The van der Waals surface area contributed by atoms with Gasteiger partial charge in [-0.15, -0.1) is 0 Å². The number of benzene rings is 1. The second-order valence-corrected chi connectivity index (χ2v) is 10.4. The molecule has 0 bridgehead atoms. The van der Waals surface area contributed by atoms with E-state index in [1.807, 2.05) is 4.90 Å². The SMILES string of the molecule is CC(=O)N1CC[C@H]2NC(=O)CNC(=O)C3(CCCC[C@H]2C1)CCN(Cc1cccc(F)c1F)CC3. The standard InChI is InChI=1S/C26H36F2N4O3/c1-18(33)32-12-8-22-19(17-32)5-2-3-9-26(25(35)29-15-23(34)30-22)10-13-31(14-11-26)16-20-6-4-7-21(27)24(20)28/h4,6-7,19,22H,2-3,5,8-17H2,1H3,(H,29,35)(H,30,34)/t19-,22+/m0/s1. The molecule has 2 atom stereocenters. The molecule has 192 valence electrons. The predicted octanol–water partition coefficient (Wildman–Crippen LogP) is 2.59.